The van der Waals surface area contributed by atoms with Crippen molar-refractivity contribution in [2.45, 2.75) is 0 Å². The van der Waals surface area contributed by atoms with Crippen molar-refractivity contribution < 1.29 is 14.3 Å². The molecule has 18 heavy (non-hydrogen) atoms. The van der Waals surface area contributed by atoms with Crippen molar-refractivity contribution in [1.29, 1.82) is 0 Å². The van der Waals surface area contributed by atoms with Crippen molar-refractivity contribution in [2.24, 2.45) is 5.73 Å². The molecule has 0 fully saturated rings. The average molecular weight is 268 g/mol. The summed E-state index contributed by atoms with van der Waals surface area (Å²) in [5.74, 6) is 0.405. The van der Waals surface area contributed by atoms with Crippen LogP contribution in [0, 0.1) is 0 Å². The molecule has 0 saturated carbocycles. The highest BCUT2D eigenvalue weighted by molar-refractivity contribution is 7.80. The van der Waals surface area contributed by atoms with E-state index in [0.717, 1.165) is 5.56 Å². The number of benzene rings is 1. The van der Waals surface area contributed by atoms with Gasteiger partial charge >= 0.3 is 0 Å². The summed E-state index contributed by atoms with van der Waals surface area (Å²) in [5, 5.41) is 2.65. The number of thiocarbonyl (C=S) groups is 1. The number of amides is 1. The van der Waals surface area contributed by atoms with Crippen LogP contribution in [0.15, 0.2) is 24.3 Å². The SMILES string of the molecule is COCCNC(=O)COc1ccc(C(N)=S)cc1. The number of rotatable bonds is 7. The Kier molecular flexibility index (Phi) is 6.10. The van der Waals surface area contributed by atoms with E-state index in [0.29, 0.717) is 23.9 Å². The van der Waals surface area contributed by atoms with E-state index in [1.165, 1.54) is 0 Å². The molecule has 0 heterocycles. The predicted octanol–water partition coefficient (Wildman–Crippen LogP) is 0.462. The van der Waals surface area contributed by atoms with Gasteiger partial charge in [0.2, 0.25) is 0 Å². The smallest absolute Gasteiger partial charge is 0.258 e. The van der Waals surface area contributed by atoms with Gasteiger partial charge in [-0.15, -0.1) is 0 Å². The first-order valence-corrected chi connectivity index (χ1v) is 5.82. The standard InChI is InChI=1S/C12H16N2O3S/c1-16-7-6-14-11(15)8-17-10-4-2-9(3-5-10)12(13)18/h2-5H,6-8H2,1H3,(H2,13,18)(H,14,15). The minimum Gasteiger partial charge on any atom is -0.484 e. The van der Waals surface area contributed by atoms with E-state index in [1.807, 2.05) is 0 Å². The Bertz CT molecular complexity index is 406. The number of ether oxygens (including phenoxy) is 2. The molecule has 3 N–H and O–H groups in total. The highest BCUT2D eigenvalue weighted by Crippen LogP contribution is 2.11. The number of carbonyl (C=O) groups is 1. The van der Waals surface area contributed by atoms with Crippen LogP contribution in [0.3, 0.4) is 0 Å². The van der Waals surface area contributed by atoms with E-state index >= 15 is 0 Å². The number of nitrogens with two attached hydrogens (primary N) is 1. The number of methoxy groups -OCH3 is 1. The maximum Gasteiger partial charge on any atom is 0.258 e. The zero-order valence-corrected chi connectivity index (χ0v) is 11.0. The molecule has 0 radical (unpaired) electrons. The first kappa shape index (κ1) is 14.4. The molecule has 0 saturated heterocycles. The number of carbonyl (C=O) groups excluding carboxylic acids is 1. The summed E-state index contributed by atoms with van der Waals surface area (Å²) in [6.07, 6.45) is 0. The van der Waals surface area contributed by atoms with Gasteiger partial charge in [-0.3, -0.25) is 4.79 Å². The molecule has 1 amide bonds. The summed E-state index contributed by atoms with van der Waals surface area (Å²) in [4.78, 5) is 11.7. The molecule has 5 nitrogen and oxygen atoms in total. The van der Waals surface area contributed by atoms with Crippen LogP contribution >= 0.6 is 12.2 Å². The Morgan fingerprint density at radius 1 is 1.39 bits per heavy atom. The van der Waals surface area contributed by atoms with Crippen LogP contribution in [0.2, 0.25) is 0 Å². The van der Waals surface area contributed by atoms with Crippen LogP contribution in [0.4, 0.5) is 0 Å². The van der Waals surface area contributed by atoms with Crippen molar-refractivity contribution in [3.05, 3.63) is 29.8 Å². The maximum atomic E-state index is 11.3. The van der Waals surface area contributed by atoms with Crippen LogP contribution in [0.25, 0.3) is 0 Å². The molecule has 1 aromatic rings. The molecule has 6 heteroatoms. The minimum atomic E-state index is -0.189. The lowest BCUT2D eigenvalue weighted by Gasteiger charge is -2.07. The summed E-state index contributed by atoms with van der Waals surface area (Å²) in [7, 11) is 1.58. The van der Waals surface area contributed by atoms with Crippen molar-refractivity contribution in [1.82, 2.24) is 5.32 Å². The molecule has 0 atom stereocenters. The maximum absolute atomic E-state index is 11.3. The summed E-state index contributed by atoms with van der Waals surface area (Å²) < 4.78 is 10.1. The van der Waals surface area contributed by atoms with Crippen LogP contribution < -0.4 is 15.8 Å². The average Bonchev–Trinajstić information content (AvgIpc) is 2.37. The van der Waals surface area contributed by atoms with Gasteiger partial charge in [-0.05, 0) is 24.3 Å². The normalized spacial score (nSPS) is 9.83. The van der Waals surface area contributed by atoms with E-state index in [4.69, 9.17) is 27.4 Å². The van der Waals surface area contributed by atoms with Gasteiger partial charge in [-0.2, -0.15) is 0 Å². The number of nitrogens with one attached hydrogen (secondary N) is 1. The third-order valence-corrected chi connectivity index (χ3v) is 2.37. The topological polar surface area (TPSA) is 73.6 Å². The van der Waals surface area contributed by atoms with Crippen molar-refractivity contribution in [2.75, 3.05) is 26.9 Å². The minimum absolute atomic E-state index is 0.0316. The molecule has 98 valence electrons. The fourth-order valence-corrected chi connectivity index (χ4v) is 1.34. The van der Waals surface area contributed by atoms with Crippen molar-refractivity contribution >= 4 is 23.1 Å². The molecule has 0 aliphatic heterocycles. The van der Waals surface area contributed by atoms with Crippen molar-refractivity contribution in [3.63, 3.8) is 0 Å². The molecular formula is C12H16N2O3S. The molecule has 0 aliphatic carbocycles. The quantitative estimate of drug-likeness (QED) is 0.555. The second-order valence-corrected chi connectivity index (χ2v) is 3.96. The predicted molar refractivity (Wildman–Crippen MR) is 72.7 cm³/mol. The second-order valence-electron chi connectivity index (χ2n) is 3.52. The Morgan fingerprint density at radius 2 is 2.06 bits per heavy atom. The van der Waals surface area contributed by atoms with Gasteiger partial charge in [-0.1, -0.05) is 12.2 Å². The summed E-state index contributed by atoms with van der Waals surface area (Å²) in [6.45, 7) is 0.920. The summed E-state index contributed by atoms with van der Waals surface area (Å²) in [5.41, 5.74) is 6.23. The Balaban J connectivity index is 2.34. The first-order valence-electron chi connectivity index (χ1n) is 5.42. The van der Waals surface area contributed by atoms with Crippen LogP contribution in [0.1, 0.15) is 5.56 Å². The highest BCUT2D eigenvalue weighted by Gasteiger charge is 2.02. The third-order valence-electron chi connectivity index (χ3n) is 2.14. The van der Waals surface area contributed by atoms with Crippen molar-refractivity contribution in [3.8, 4) is 5.75 Å². The van der Waals surface area contributed by atoms with Gasteiger partial charge in [0.15, 0.2) is 6.61 Å². The van der Waals surface area contributed by atoms with Gasteiger partial charge in [0.25, 0.3) is 5.91 Å². The van der Waals surface area contributed by atoms with Crippen LogP contribution in [-0.4, -0.2) is 37.8 Å². The van der Waals surface area contributed by atoms with Gasteiger partial charge in [0.05, 0.1) is 6.61 Å². The fraction of sp³-hybridized carbons (Fsp3) is 0.333. The third kappa shape index (κ3) is 5.11. The zero-order valence-electron chi connectivity index (χ0n) is 10.1. The largest absolute Gasteiger partial charge is 0.484 e. The molecule has 0 aliphatic rings. The van der Waals surface area contributed by atoms with Crippen LogP contribution in [-0.2, 0) is 9.53 Å². The molecular weight excluding hydrogens is 252 g/mol. The molecule has 1 rings (SSSR count). The van der Waals surface area contributed by atoms with Crippen LogP contribution in [0.5, 0.6) is 5.75 Å². The lowest BCUT2D eigenvalue weighted by Crippen LogP contribution is -2.31. The second kappa shape index (κ2) is 7.62. The lowest BCUT2D eigenvalue weighted by atomic mass is 10.2. The molecule has 1 aromatic carbocycles. The Morgan fingerprint density at radius 3 is 2.61 bits per heavy atom. The van der Waals surface area contributed by atoms with E-state index in [-0.39, 0.29) is 12.5 Å². The molecule has 0 bridgehead atoms. The highest BCUT2D eigenvalue weighted by atomic mass is 32.1. The zero-order chi connectivity index (χ0) is 13.4. The molecule has 0 aromatic heterocycles. The first-order chi connectivity index (χ1) is 8.63. The van der Waals surface area contributed by atoms with Gasteiger partial charge in [-0.25, -0.2) is 0 Å². The summed E-state index contributed by atoms with van der Waals surface area (Å²) >= 11 is 4.83. The molecule has 0 spiro atoms. The number of hydrogen-bond acceptors (Lipinski definition) is 4. The Labute approximate surface area is 111 Å². The monoisotopic (exact) mass is 268 g/mol. The molecule has 0 unspecified atom stereocenters. The number of hydrogen-bond donors (Lipinski definition) is 2. The van der Waals surface area contributed by atoms with Gasteiger partial charge in [0, 0.05) is 19.2 Å². The fourth-order valence-electron chi connectivity index (χ4n) is 1.21. The van der Waals surface area contributed by atoms with E-state index in [2.05, 4.69) is 5.32 Å². The van der Waals surface area contributed by atoms with E-state index < -0.39 is 0 Å². The van der Waals surface area contributed by atoms with E-state index in [1.54, 1.807) is 31.4 Å². The van der Waals surface area contributed by atoms with Gasteiger partial charge in [0.1, 0.15) is 10.7 Å². The summed E-state index contributed by atoms with van der Waals surface area (Å²) in [6, 6.07) is 6.94. The van der Waals surface area contributed by atoms with E-state index in [9.17, 15) is 4.79 Å². The Hall–Kier alpha value is -1.66. The van der Waals surface area contributed by atoms with Gasteiger partial charge < -0.3 is 20.5 Å². The lowest BCUT2D eigenvalue weighted by molar-refractivity contribution is -0.123.